The molecule has 0 unspecified atom stereocenters. The van der Waals surface area contributed by atoms with E-state index in [0.717, 1.165) is 0 Å². The van der Waals surface area contributed by atoms with Gasteiger partial charge >= 0.3 is 0 Å². The molecule has 0 aliphatic carbocycles. The van der Waals surface area contributed by atoms with Crippen LogP contribution in [-0.2, 0) is 0 Å². The van der Waals surface area contributed by atoms with Crippen molar-refractivity contribution < 1.29 is 0 Å². The molecule has 0 rings (SSSR count). The first-order valence-corrected chi connectivity index (χ1v) is 2.78. The second-order valence-corrected chi connectivity index (χ2v) is 3.99. The molecular formula is C2H2Cl4N2. The van der Waals surface area contributed by atoms with Crippen molar-refractivity contribution in [1.82, 2.24) is 0 Å². The van der Waals surface area contributed by atoms with Crippen LogP contribution in [0.3, 0.4) is 0 Å². The first-order chi connectivity index (χ1) is 3.41. The molecule has 0 aromatic carbocycles. The Morgan fingerprint density at radius 1 is 1.25 bits per heavy atom. The highest BCUT2D eigenvalue weighted by Gasteiger charge is 2.11. The van der Waals surface area contributed by atoms with Gasteiger partial charge in [-0.25, -0.2) is 0 Å². The monoisotopic (exact) mass is 194 g/mol. The highest BCUT2D eigenvalue weighted by Crippen LogP contribution is 2.29. The van der Waals surface area contributed by atoms with E-state index in [1.165, 1.54) is 6.19 Å². The van der Waals surface area contributed by atoms with Gasteiger partial charge in [-0.1, -0.05) is 46.4 Å². The molecule has 0 aliphatic heterocycles. The minimum atomic E-state index is -1.61. The summed E-state index contributed by atoms with van der Waals surface area (Å²) in [5.41, 5.74) is 4.15. The van der Waals surface area contributed by atoms with Crippen molar-refractivity contribution in [3.63, 3.8) is 0 Å². The summed E-state index contributed by atoms with van der Waals surface area (Å²) in [7, 11) is 0. The fourth-order valence-electron chi connectivity index (χ4n) is 0. The van der Waals surface area contributed by atoms with Crippen LogP contribution in [0.1, 0.15) is 0 Å². The van der Waals surface area contributed by atoms with Crippen molar-refractivity contribution in [3.05, 3.63) is 0 Å². The summed E-state index contributed by atoms with van der Waals surface area (Å²) >= 11 is 19.3. The lowest BCUT2D eigenvalue weighted by molar-refractivity contribution is 1.45. The normalized spacial score (nSPS) is 8.38. The quantitative estimate of drug-likeness (QED) is 0.365. The third kappa shape index (κ3) is 946. The lowest BCUT2D eigenvalue weighted by Crippen LogP contribution is -1.81. The fourth-order valence-corrected chi connectivity index (χ4v) is 0. The summed E-state index contributed by atoms with van der Waals surface area (Å²) in [4.78, 5) is 0. The van der Waals surface area contributed by atoms with Gasteiger partial charge in [-0.2, -0.15) is 5.26 Å². The molecular weight excluding hydrogens is 194 g/mol. The third-order valence-corrected chi connectivity index (χ3v) is 0. The summed E-state index contributed by atoms with van der Waals surface area (Å²) in [5, 5.41) is 7.10. The molecule has 6 heteroatoms. The predicted molar refractivity (Wildman–Crippen MR) is 35.9 cm³/mol. The molecule has 8 heavy (non-hydrogen) atoms. The van der Waals surface area contributed by atoms with Gasteiger partial charge in [0.2, 0.25) is 0 Å². The number of rotatable bonds is 0. The van der Waals surface area contributed by atoms with Crippen LogP contribution in [0.5, 0.6) is 0 Å². The fraction of sp³-hybridized carbons (Fsp3) is 0.500. The van der Waals surface area contributed by atoms with Gasteiger partial charge in [0.15, 0.2) is 6.19 Å². The predicted octanol–water partition coefficient (Wildman–Crippen LogP) is 1.98. The minimum absolute atomic E-state index is 1.25. The number of hydrogen-bond acceptors (Lipinski definition) is 2. The van der Waals surface area contributed by atoms with Gasteiger partial charge in [-0.15, -0.1) is 0 Å². The molecule has 2 nitrogen and oxygen atoms in total. The Bertz CT molecular complexity index is 73.0. The molecule has 0 heterocycles. The van der Waals surface area contributed by atoms with Crippen molar-refractivity contribution in [1.29, 1.82) is 5.26 Å². The standard InChI is InChI=1S/CCl4.CH2N2/c2-1(3,4)5;2-1-3/h;2H2. The summed E-state index contributed by atoms with van der Waals surface area (Å²) in [5.74, 6) is 0. The number of nitriles is 1. The van der Waals surface area contributed by atoms with E-state index in [9.17, 15) is 0 Å². The molecule has 48 valence electrons. The van der Waals surface area contributed by atoms with Crippen LogP contribution in [0.2, 0.25) is 0 Å². The number of nitrogens with two attached hydrogens (primary N) is 1. The Labute approximate surface area is 67.1 Å². The average molecular weight is 196 g/mol. The van der Waals surface area contributed by atoms with E-state index in [0.29, 0.717) is 0 Å². The zero-order chi connectivity index (χ0) is 7.21. The molecule has 0 spiro atoms. The van der Waals surface area contributed by atoms with Gasteiger partial charge < -0.3 is 5.73 Å². The summed E-state index contributed by atoms with van der Waals surface area (Å²) in [6.07, 6.45) is 1.25. The molecule has 0 saturated carbocycles. The van der Waals surface area contributed by atoms with Gasteiger partial charge in [0.25, 0.3) is 3.25 Å². The van der Waals surface area contributed by atoms with E-state index in [1.54, 1.807) is 0 Å². The molecule has 0 amide bonds. The molecule has 0 aliphatic rings. The Morgan fingerprint density at radius 3 is 1.25 bits per heavy atom. The topological polar surface area (TPSA) is 49.8 Å². The minimum Gasteiger partial charge on any atom is -0.337 e. The van der Waals surface area contributed by atoms with E-state index < -0.39 is 3.25 Å². The van der Waals surface area contributed by atoms with Crippen LogP contribution in [0.15, 0.2) is 0 Å². The Morgan fingerprint density at radius 2 is 1.25 bits per heavy atom. The van der Waals surface area contributed by atoms with E-state index in [-0.39, 0.29) is 0 Å². The molecule has 0 radical (unpaired) electrons. The van der Waals surface area contributed by atoms with Crippen LogP contribution in [0.25, 0.3) is 0 Å². The SMILES string of the molecule is ClC(Cl)(Cl)Cl.N#CN. The smallest absolute Gasteiger partial charge is 0.266 e. The molecule has 0 atom stereocenters. The molecule has 2 N–H and O–H groups in total. The van der Waals surface area contributed by atoms with Crippen LogP contribution in [0, 0.1) is 11.5 Å². The second kappa shape index (κ2) is 5.58. The van der Waals surface area contributed by atoms with E-state index in [1.807, 2.05) is 0 Å². The summed E-state index contributed by atoms with van der Waals surface area (Å²) in [6.45, 7) is 0. The van der Waals surface area contributed by atoms with Crippen LogP contribution in [-0.4, -0.2) is 3.25 Å². The van der Waals surface area contributed by atoms with E-state index >= 15 is 0 Å². The van der Waals surface area contributed by atoms with Gasteiger partial charge in [0.1, 0.15) is 0 Å². The lowest BCUT2D eigenvalue weighted by Gasteiger charge is -1.91. The molecule has 0 aromatic rings. The summed E-state index contributed by atoms with van der Waals surface area (Å²) < 4.78 is -1.61. The number of alkyl halides is 4. The first kappa shape index (κ1) is 11.3. The lowest BCUT2D eigenvalue weighted by atomic mass is 11.5. The van der Waals surface area contributed by atoms with E-state index in [2.05, 4.69) is 5.73 Å². The number of halogens is 4. The van der Waals surface area contributed by atoms with Gasteiger partial charge in [0.05, 0.1) is 0 Å². The maximum atomic E-state index is 7.10. The van der Waals surface area contributed by atoms with Crippen molar-refractivity contribution in [2.75, 3.05) is 0 Å². The van der Waals surface area contributed by atoms with Crippen LogP contribution in [0.4, 0.5) is 0 Å². The Balaban J connectivity index is 0. The maximum Gasteiger partial charge on any atom is 0.266 e. The van der Waals surface area contributed by atoms with Crippen molar-refractivity contribution in [2.45, 2.75) is 3.25 Å². The van der Waals surface area contributed by atoms with E-state index in [4.69, 9.17) is 51.7 Å². The maximum absolute atomic E-state index is 7.10. The summed E-state index contributed by atoms with van der Waals surface area (Å²) in [6, 6.07) is 0. The highest BCUT2D eigenvalue weighted by atomic mass is 35.6. The average Bonchev–Trinajstić information content (AvgIpc) is 1.27. The number of nitrogens with zero attached hydrogens (tertiary/aromatic N) is 1. The van der Waals surface area contributed by atoms with Gasteiger partial charge in [-0.05, 0) is 0 Å². The molecule has 0 fully saturated rings. The Kier molecular flexibility index (Phi) is 7.87. The highest BCUT2D eigenvalue weighted by molar-refractivity contribution is 6.83. The zero-order valence-corrected chi connectivity index (χ0v) is 6.56. The molecule has 0 bridgehead atoms. The van der Waals surface area contributed by atoms with Crippen molar-refractivity contribution >= 4 is 46.4 Å². The van der Waals surface area contributed by atoms with Gasteiger partial charge in [-0.3, -0.25) is 0 Å². The first-order valence-electron chi connectivity index (χ1n) is 1.27. The zero-order valence-electron chi connectivity index (χ0n) is 3.54. The second-order valence-electron chi connectivity index (χ2n) is 0.558. The van der Waals surface area contributed by atoms with Gasteiger partial charge in [0, 0.05) is 0 Å². The largest absolute Gasteiger partial charge is 0.337 e. The van der Waals surface area contributed by atoms with Crippen LogP contribution >= 0.6 is 46.4 Å². The third-order valence-electron chi connectivity index (χ3n) is 0. The van der Waals surface area contributed by atoms with Crippen molar-refractivity contribution in [3.8, 4) is 6.19 Å². The molecule has 0 saturated heterocycles. The van der Waals surface area contributed by atoms with Crippen molar-refractivity contribution in [2.24, 2.45) is 5.73 Å². The van der Waals surface area contributed by atoms with Crippen LogP contribution < -0.4 is 5.73 Å². The number of hydrogen-bond donors (Lipinski definition) is 1. The molecule has 0 aromatic heterocycles. The Hall–Kier alpha value is 0.450.